The summed E-state index contributed by atoms with van der Waals surface area (Å²) in [6.07, 6.45) is -1.13. The molecule has 0 heterocycles. The van der Waals surface area contributed by atoms with Crippen LogP contribution in [0.25, 0.3) is 0 Å². The van der Waals surface area contributed by atoms with Crippen molar-refractivity contribution < 1.29 is 23.1 Å². The van der Waals surface area contributed by atoms with Crippen LogP contribution >= 0.6 is 11.6 Å². The van der Waals surface area contributed by atoms with Gasteiger partial charge < -0.3 is 10.1 Å². The lowest BCUT2D eigenvalue weighted by molar-refractivity contribution is -0.129. The number of halogens is 3. The number of amides is 1. The first-order valence-electron chi connectivity index (χ1n) is 7.05. The lowest BCUT2D eigenvalue weighted by atomic mass is 10.2. The number of benzene rings is 2. The molecule has 0 aliphatic carbocycles. The average molecular weight is 354 g/mol. The third-order valence-corrected chi connectivity index (χ3v) is 3.53. The Bertz CT molecular complexity index is 747. The van der Waals surface area contributed by atoms with Gasteiger partial charge in [0.05, 0.1) is 5.56 Å². The zero-order chi connectivity index (χ0) is 17.7. The molecule has 1 atom stereocenters. The minimum Gasteiger partial charge on any atom is -0.449 e. The van der Waals surface area contributed by atoms with E-state index in [0.29, 0.717) is 16.7 Å². The van der Waals surface area contributed by atoms with E-state index in [1.54, 1.807) is 24.3 Å². The van der Waals surface area contributed by atoms with Crippen molar-refractivity contribution in [2.24, 2.45) is 0 Å². The highest BCUT2D eigenvalue weighted by Crippen LogP contribution is 2.14. The topological polar surface area (TPSA) is 55.4 Å². The summed E-state index contributed by atoms with van der Waals surface area (Å²) in [5.74, 6) is -3.36. The summed E-state index contributed by atoms with van der Waals surface area (Å²) in [6, 6.07) is 9.27. The van der Waals surface area contributed by atoms with Crippen LogP contribution in [0.2, 0.25) is 5.02 Å². The molecule has 2 rings (SSSR count). The Morgan fingerprint density at radius 3 is 2.42 bits per heavy atom. The van der Waals surface area contributed by atoms with Gasteiger partial charge in [-0.3, -0.25) is 4.79 Å². The smallest absolute Gasteiger partial charge is 0.339 e. The van der Waals surface area contributed by atoms with Crippen molar-refractivity contribution in [2.75, 3.05) is 0 Å². The van der Waals surface area contributed by atoms with Gasteiger partial charge in [0.2, 0.25) is 0 Å². The van der Waals surface area contributed by atoms with Gasteiger partial charge in [0.1, 0.15) is 11.6 Å². The van der Waals surface area contributed by atoms with Gasteiger partial charge in [-0.2, -0.15) is 0 Å². The normalized spacial score (nSPS) is 11.7. The van der Waals surface area contributed by atoms with Crippen molar-refractivity contribution in [1.29, 1.82) is 0 Å². The Kier molecular flexibility index (Phi) is 5.87. The quantitative estimate of drug-likeness (QED) is 0.837. The second kappa shape index (κ2) is 7.88. The van der Waals surface area contributed by atoms with Gasteiger partial charge in [-0.25, -0.2) is 13.6 Å². The minimum atomic E-state index is -1.13. The number of nitrogens with one attached hydrogen (secondary N) is 1. The van der Waals surface area contributed by atoms with Crippen molar-refractivity contribution in [3.63, 3.8) is 0 Å². The van der Waals surface area contributed by atoms with Crippen molar-refractivity contribution in [2.45, 2.75) is 19.6 Å². The second-order valence-corrected chi connectivity index (χ2v) is 5.42. The van der Waals surface area contributed by atoms with Gasteiger partial charge in [0.25, 0.3) is 5.91 Å². The standard InChI is InChI=1S/C17H14ClF2NO3/c1-10(16(22)21-9-11-4-2-3-5-15(11)18)24-17(23)12-6-13(19)8-14(20)7-12/h2-8,10H,9H2,1H3,(H,21,22)/t10-/m0/s1. The fraction of sp³-hybridized carbons (Fsp3) is 0.176. The summed E-state index contributed by atoms with van der Waals surface area (Å²) in [7, 11) is 0. The SMILES string of the molecule is C[C@H](OC(=O)c1cc(F)cc(F)c1)C(=O)NCc1ccccc1Cl. The lowest BCUT2D eigenvalue weighted by Gasteiger charge is -2.14. The Morgan fingerprint density at radius 1 is 1.17 bits per heavy atom. The average Bonchev–Trinajstić information content (AvgIpc) is 2.52. The molecule has 0 bridgehead atoms. The van der Waals surface area contributed by atoms with Crippen molar-refractivity contribution >= 4 is 23.5 Å². The van der Waals surface area contributed by atoms with E-state index in [1.807, 2.05) is 0 Å². The lowest BCUT2D eigenvalue weighted by Crippen LogP contribution is -2.35. The molecule has 24 heavy (non-hydrogen) atoms. The van der Waals surface area contributed by atoms with E-state index in [4.69, 9.17) is 16.3 Å². The molecule has 0 aromatic heterocycles. The van der Waals surface area contributed by atoms with Crippen LogP contribution < -0.4 is 5.32 Å². The Labute approximate surface area is 142 Å². The molecule has 0 saturated heterocycles. The first-order chi connectivity index (χ1) is 11.4. The molecule has 0 aliphatic rings. The van der Waals surface area contributed by atoms with Gasteiger partial charge >= 0.3 is 5.97 Å². The highest BCUT2D eigenvalue weighted by atomic mass is 35.5. The summed E-state index contributed by atoms with van der Waals surface area (Å²) in [4.78, 5) is 23.8. The molecule has 0 unspecified atom stereocenters. The summed E-state index contributed by atoms with van der Waals surface area (Å²) in [6.45, 7) is 1.52. The number of hydrogen-bond donors (Lipinski definition) is 1. The van der Waals surface area contributed by atoms with Crippen molar-refractivity contribution in [3.8, 4) is 0 Å². The monoisotopic (exact) mass is 353 g/mol. The number of carbonyl (C=O) groups excluding carboxylic acids is 2. The fourth-order valence-electron chi connectivity index (χ4n) is 1.92. The molecule has 4 nitrogen and oxygen atoms in total. The van der Waals surface area contributed by atoms with Crippen LogP contribution in [0, 0.1) is 11.6 Å². The molecule has 0 aliphatic heterocycles. The molecule has 2 aromatic carbocycles. The maximum absolute atomic E-state index is 13.1. The van der Waals surface area contributed by atoms with Gasteiger partial charge in [-0.1, -0.05) is 29.8 Å². The molecular formula is C17H14ClF2NO3. The summed E-state index contributed by atoms with van der Waals surface area (Å²) < 4.78 is 31.1. The zero-order valence-electron chi connectivity index (χ0n) is 12.7. The minimum absolute atomic E-state index is 0.162. The van der Waals surface area contributed by atoms with E-state index in [-0.39, 0.29) is 12.1 Å². The van der Waals surface area contributed by atoms with Gasteiger partial charge in [-0.15, -0.1) is 0 Å². The highest BCUT2D eigenvalue weighted by Gasteiger charge is 2.20. The molecule has 1 N–H and O–H groups in total. The van der Waals surface area contributed by atoms with E-state index in [2.05, 4.69) is 5.32 Å². The van der Waals surface area contributed by atoms with Crippen LogP contribution in [0.15, 0.2) is 42.5 Å². The Hall–Kier alpha value is -2.47. The summed E-state index contributed by atoms with van der Waals surface area (Å²) in [5.41, 5.74) is 0.400. The predicted molar refractivity (Wildman–Crippen MR) is 84.5 cm³/mol. The first-order valence-corrected chi connectivity index (χ1v) is 7.43. The van der Waals surface area contributed by atoms with Gasteiger partial charge in [0.15, 0.2) is 6.10 Å². The molecule has 1 amide bonds. The van der Waals surface area contributed by atoms with Crippen LogP contribution in [0.4, 0.5) is 8.78 Å². The second-order valence-electron chi connectivity index (χ2n) is 5.01. The molecule has 0 spiro atoms. The Morgan fingerprint density at radius 2 is 1.79 bits per heavy atom. The highest BCUT2D eigenvalue weighted by molar-refractivity contribution is 6.31. The van der Waals surface area contributed by atoms with Crippen molar-refractivity contribution in [3.05, 3.63) is 70.2 Å². The molecule has 0 fully saturated rings. The Balaban J connectivity index is 1.93. The number of ether oxygens (including phenoxy) is 1. The predicted octanol–water partition coefficient (Wildman–Crippen LogP) is 3.48. The number of rotatable bonds is 5. The van der Waals surface area contributed by atoms with Gasteiger partial charge in [0, 0.05) is 17.6 Å². The van der Waals surface area contributed by atoms with Gasteiger partial charge in [-0.05, 0) is 30.7 Å². The largest absolute Gasteiger partial charge is 0.449 e. The van der Waals surface area contributed by atoms with Crippen LogP contribution in [0.5, 0.6) is 0 Å². The van der Waals surface area contributed by atoms with Crippen molar-refractivity contribution in [1.82, 2.24) is 5.32 Å². The number of carbonyl (C=O) groups is 2. The maximum atomic E-state index is 13.1. The van der Waals surface area contributed by atoms with E-state index in [1.165, 1.54) is 6.92 Å². The number of hydrogen-bond acceptors (Lipinski definition) is 3. The van der Waals surface area contributed by atoms with E-state index < -0.39 is 29.6 Å². The van der Waals surface area contributed by atoms with E-state index >= 15 is 0 Å². The molecule has 0 radical (unpaired) electrons. The van der Waals surface area contributed by atoms with Crippen LogP contribution in [-0.2, 0) is 16.1 Å². The first kappa shape index (κ1) is 17.9. The van der Waals surface area contributed by atoms with Crippen LogP contribution in [0.3, 0.4) is 0 Å². The van der Waals surface area contributed by atoms with Crippen LogP contribution in [-0.4, -0.2) is 18.0 Å². The fourth-order valence-corrected chi connectivity index (χ4v) is 2.12. The molecule has 0 saturated carbocycles. The zero-order valence-corrected chi connectivity index (χ0v) is 13.4. The molecule has 7 heteroatoms. The third-order valence-electron chi connectivity index (χ3n) is 3.16. The molecule has 126 valence electrons. The maximum Gasteiger partial charge on any atom is 0.339 e. The number of esters is 1. The third kappa shape index (κ3) is 4.76. The summed E-state index contributed by atoms with van der Waals surface area (Å²) in [5, 5.41) is 3.07. The summed E-state index contributed by atoms with van der Waals surface area (Å²) >= 11 is 5.97. The van der Waals surface area contributed by atoms with E-state index in [9.17, 15) is 18.4 Å². The molecule has 2 aromatic rings. The van der Waals surface area contributed by atoms with Crippen LogP contribution in [0.1, 0.15) is 22.8 Å². The van der Waals surface area contributed by atoms with E-state index in [0.717, 1.165) is 12.1 Å². The molecular weight excluding hydrogens is 340 g/mol.